The van der Waals surface area contributed by atoms with Crippen LogP contribution in [-0.4, -0.2) is 32.8 Å². The highest BCUT2D eigenvalue weighted by Crippen LogP contribution is 2.32. The molecular formula is C26H29N3O2. The van der Waals surface area contributed by atoms with Crippen LogP contribution < -0.4 is 4.74 Å². The van der Waals surface area contributed by atoms with E-state index in [2.05, 4.69) is 65.8 Å². The Morgan fingerprint density at radius 2 is 1.74 bits per heavy atom. The molecule has 0 N–H and O–H groups in total. The summed E-state index contributed by atoms with van der Waals surface area (Å²) < 4.78 is 14.4. The quantitative estimate of drug-likeness (QED) is 0.377. The molecule has 0 aliphatic heterocycles. The van der Waals surface area contributed by atoms with E-state index >= 15 is 0 Å². The molecule has 0 unspecified atom stereocenters. The second-order valence-corrected chi connectivity index (χ2v) is 8.48. The van der Waals surface area contributed by atoms with Crippen LogP contribution in [0.1, 0.15) is 39.5 Å². The highest BCUT2D eigenvalue weighted by atomic mass is 16.5. The minimum absolute atomic E-state index is 0.207. The van der Waals surface area contributed by atoms with Crippen molar-refractivity contribution in [2.75, 3.05) is 0 Å². The van der Waals surface area contributed by atoms with Gasteiger partial charge < -0.3 is 14.0 Å². The Labute approximate surface area is 183 Å². The number of aryl methyl sites for hydroxylation is 1. The van der Waals surface area contributed by atoms with Gasteiger partial charge >= 0.3 is 0 Å². The van der Waals surface area contributed by atoms with E-state index in [1.54, 1.807) is 0 Å². The summed E-state index contributed by atoms with van der Waals surface area (Å²) in [5, 5.41) is 2.40. The highest BCUT2D eigenvalue weighted by molar-refractivity contribution is 6.08. The molecule has 0 radical (unpaired) electrons. The van der Waals surface area contributed by atoms with E-state index in [4.69, 9.17) is 9.47 Å². The number of hydrogen-bond donors (Lipinski definition) is 0. The number of benzene rings is 1. The van der Waals surface area contributed by atoms with Gasteiger partial charge in [0.15, 0.2) is 0 Å². The summed E-state index contributed by atoms with van der Waals surface area (Å²) in [5.41, 5.74) is 4.61. The third-order valence-corrected chi connectivity index (χ3v) is 6.51. The van der Waals surface area contributed by atoms with Gasteiger partial charge in [0.25, 0.3) is 0 Å². The largest absolute Gasteiger partial charge is 0.474 e. The molecule has 0 bridgehead atoms. The highest BCUT2D eigenvalue weighted by Gasteiger charge is 2.33. The summed E-state index contributed by atoms with van der Waals surface area (Å²) in [5.74, 6) is 0.687. The third-order valence-electron chi connectivity index (χ3n) is 6.51. The zero-order chi connectivity index (χ0) is 21.4. The number of fused-ring (bicyclic) bond motifs is 3. The van der Waals surface area contributed by atoms with Gasteiger partial charge in [-0.3, -0.25) is 4.98 Å². The molecule has 31 heavy (non-hydrogen) atoms. The molecule has 1 saturated carbocycles. The first-order valence-corrected chi connectivity index (χ1v) is 11.3. The molecule has 160 valence electrons. The predicted molar refractivity (Wildman–Crippen MR) is 124 cm³/mol. The minimum Gasteiger partial charge on any atom is -0.474 e. The summed E-state index contributed by atoms with van der Waals surface area (Å²) in [6.45, 7) is 4.36. The van der Waals surface area contributed by atoms with Gasteiger partial charge in [0.05, 0.1) is 17.7 Å². The average molecular weight is 416 g/mol. The van der Waals surface area contributed by atoms with E-state index < -0.39 is 0 Å². The van der Waals surface area contributed by atoms with Crippen molar-refractivity contribution in [2.45, 2.75) is 57.8 Å². The molecule has 0 amide bonds. The van der Waals surface area contributed by atoms with Crippen LogP contribution >= 0.6 is 0 Å². The van der Waals surface area contributed by atoms with Crippen LogP contribution in [0.5, 0.6) is 5.88 Å². The second-order valence-electron chi connectivity index (χ2n) is 8.48. The van der Waals surface area contributed by atoms with E-state index in [1.165, 1.54) is 21.8 Å². The summed E-state index contributed by atoms with van der Waals surface area (Å²) in [4.78, 5) is 8.84. The van der Waals surface area contributed by atoms with Gasteiger partial charge in [-0.15, -0.1) is 0 Å². The zero-order valence-electron chi connectivity index (χ0n) is 18.4. The standard InChI is InChI=1S/C26H29N3O2/c1-4-19(5-2)30-20-13-21(14-20)31-26-9-7-18(15-28-26)17-6-8-22-23-16-27-11-10-24(23)29(3)25(22)12-17/h6-12,15-16,19-21H,4-5,13-14H2,1-3H3. The minimum atomic E-state index is 0.207. The van der Waals surface area contributed by atoms with E-state index in [-0.39, 0.29) is 6.10 Å². The Kier molecular flexibility index (Phi) is 5.36. The Morgan fingerprint density at radius 3 is 2.48 bits per heavy atom. The molecule has 0 spiro atoms. The number of aromatic nitrogens is 3. The molecule has 0 saturated heterocycles. The van der Waals surface area contributed by atoms with Gasteiger partial charge in [0, 0.05) is 66.4 Å². The van der Waals surface area contributed by atoms with E-state index in [0.29, 0.717) is 18.1 Å². The number of rotatable bonds is 7. The fourth-order valence-corrected chi connectivity index (χ4v) is 4.50. The molecule has 3 heterocycles. The van der Waals surface area contributed by atoms with Crippen molar-refractivity contribution in [3.63, 3.8) is 0 Å². The van der Waals surface area contributed by atoms with Crippen molar-refractivity contribution in [1.82, 2.24) is 14.5 Å². The summed E-state index contributed by atoms with van der Waals surface area (Å²) in [6, 6.07) is 12.7. The second kappa shape index (κ2) is 8.31. The van der Waals surface area contributed by atoms with Crippen molar-refractivity contribution in [1.29, 1.82) is 0 Å². The van der Waals surface area contributed by atoms with Crippen molar-refractivity contribution in [3.8, 4) is 17.0 Å². The maximum atomic E-state index is 6.09. The normalized spacial score (nSPS) is 18.6. The third kappa shape index (κ3) is 3.79. The van der Waals surface area contributed by atoms with Crippen molar-refractivity contribution >= 4 is 21.8 Å². The maximum Gasteiger partial charge on any atom is 0.213 e. The first kappa shape index (κ1) is 20.0. The van der Waals surface area contributed by atoms with Crippen LogP contribution in [0.25, 0.3) is 32.9 Å². The van der Waals surface area contributed by atoms with Gasteiger partial charge in [0.1, 0.15) is 6.10 Å². The zero-order valence-corrected chi connectivity index (χ0v) is 18.4. The number of ether oxygens (including phenoxy) is 2. The van der Waals surface area contributed by atoms with Crippen molar-refractivity contribution in [3.05, 3.63) is 55.0 Å². The molecular weight excluding hydrogens is 386 g/mol. The monoisotopic (exact) mass is 415 g/mol. The maximum absolute atomic E-state index is 6.09. The van der Waals surface area contributed by atoms with Crippen molar-refractivity contribution < 1.29 is 9.47 Å². The average Bonchev–Trinajstić information content (AvgIpc) is 3.07. The van der Waals surface area contributed by atoms with Crippen LogP contribution in [0.15, 0.2) is 55.0 Å². The van der Waals surface area contributed by atoms with Crippen LogP contribution in [0.2, 0.25) is 0 Å². The Balaban J connectivity index is 1.28. The fourth-order valence-electron chi connectivity index (χ4n) is 4.50. The lowest BCUT2D eigenvalue weighted by atomic mass is 9.91. The van der Waals surface area contributed by atoms with E-state index in [1.807, 2.05) is 24.7 Å². The van der Waals surface area contributed by atoms with E-state index in [9.17, 15) is 0 Å². The van der Waals surface area contributed by atoms with Crippen LogP contribution in [0.4, 0.5) is 0 Å². The molecule has 1 aliphatic carbocycles. The van der Waals surface area contributed by atoms with Gasteiger partial charge in [-0.1, -0.05) is 26.0 Å². The Bertz CT molecular complexity index is 1190. The lowest BCUT2D eigenvalue weighted by molar-refractivity contribution is -0.0983. The van der Waals surface area contributed by atoms with E-state index in [0.717, 1.165) is 36.8 Å². The first-order valence-electron chi connectivity index (χ1n) is 11.3. The molecule has 5 heteroatoms. The molecule has 5 rings (SSSR count). The van der Waals surface area contributed by atoms with Gasteiger partial charge in [-0.2, -0.15) is 0 Å². The topological polar surface area (TPSA) is 49.2 Å². The molecule has 1 aromatic carbocycles. The number of hydrogen-bond acceptors (Lipinski definition) is 4. The van der Waals surface area contributed by atoms with Crippen LogP contribution in [0.3, 0.4) is 0 Å². The molecule has 3 aromatic heterocycles. The number of nitrogens with zero attached hydrogens (tertiary/aromatic N) is 3. The lowest BCUT2D eigenvalue weighted by Gasteiger charge is -2.36. The molecule has 5 nitrogen and oxygen atoms in total. The SMILES string of the molecule is CCC(CC)OC1CC(Oc2ccc(-c3ccc4c5cnccc5n(C)c4c3)cn2)C1. The lowest BCUT2D eigenvalue weighted by Crippen LogP contribution is -2.41. The molecule has 1 fully saturated rings. The van der Waals surface area contributed by atoms with Crippen molar-refractivity contribution in [2.24, 2.45) is 7.05 Å². The molecule has 0 atom stereocenters. The summed E-state index contributed by atoms with van der Waals surface area (Å²) in [6.07, 6.45) is 10.6. The Morgan fingerprint density at radius 1 is 0.935 bits per heavy atom. The van der Waals surface area contributed by atoms with Gasteiger partial charge in [-0.05, 0) is 36.6 Å². The Hall–Kier alpha value is -2.92. The van der Waals surface area contributed by atoms with Crippen LogP contribution in [-0.2, 0) is 11.8 Å². The first-order chi connectivity index (χ1) is 15.2. The predicted octanol–water partition coefficient (Wildman–Crippen LogP) is 5.90. The summed E-state index contributed by atoms with van der Waals surface area (Å²) >= 11 is 0. The smallest absolute Gasteiger partial charge is 0.213 e. The molecule has 4 aromatic rings. The van der Waals surface area contributed by atoms with Gasteiger partial charge in [-0.25, -0.2) is 4.98 Å². The number of pyridine rings is 2. The van der Waals surface area contributed by atoms with Gasteiger partial charge in [0.2, 0.25) is 5.88 Å². The summed E-state index contributed by atoms with van der Waals surface area (Å²) in [7, 11) is 2.10. The fraction of sp³-hybridized carbons (Fsp3) is 0.385. The van der Waals surface area contributed by atoms with Crippen LogP contribution in [0, 0.1) is 0 Å². The molecule has 1 aliphatic rings.